The van der Waals surface area contributed by atoms with E-state index in [-0.39, 0.29) is 29.5 Å². The molecule has 7 nitrogen and oxygen atoms in total. The maximum atomic E-state index is 12.4. The van der Waals surface area contributed by atoms with Gasteiger partial charge < -0.3 is 14.2 Å². The molecule has 1 N–H and O–H groups in total. The number of aliphatic hydroxyl groups excluding tert-OH is 1. The lowest BCUT2D eigenvalue weighted by molar-refractivity contribution is -0.384. The van der Waals surface area contributed by atoms with Crippen molar-refractivity contribution in [2.75, 3.05) is 13.2 Å². The van der Waals surface area contributed by atoms with Crippen LogP contribution in [0.5, 0.6) is 0 Å². The Balaban J connectivity index is 3.18. The molecule has 112 valence electrons. The second-order valence-electron chi connectivity index (χ2n) is 3.72. The van der Waals surface area contributed by atoms with Gasteiger partial charge >= 0.3 is 7.60 Å². The van der Waals surface area contributed by atoms with Crippen LogP contribution in [0.4, 0.5) is 5.69 Å². The van der Waals surface area contributed by atoms with E-state index in [1.807, 2.05) is 0 Å². The van der Waals surface area contributed by atoms with Gasteiger partial charge in [-0.05, 0) is 25.5 Å². The molecular formula is C11H15ClNO6P. The number of nitrogens with zero attached hydrogens (tertiary/aromatic N) is 1. The van der Waals surface area contributed by atoms with Gasteiger partial charge in [-0.25, -0.2) is 0 Å². The lowest BCUT2D eigenvalue weighted by Crippen LogP contribution is -2.06. The van der Waals surface area contributed by atoms with Crippen molar-refractivity contribution in [1.82, 2.24) is 0 Å². The minimum atomic E-state index is -3.81. The second kappa shape index (κ2) is 7.15. The van der Waals surface area contributed by atoms with Crippen LogP contribution in [-0.2, 0) is 13.6 Å². The topological polar surface area (TPSA) is 98.9 Å². The molecule has 1 aromatic carbocycles. The predicted octanol–water partition coefficient (Wildman–Crippen LogP) is 3.51. The highest BCUT2D eigenvalue weighted by atomic mass is 35.5. The smallest absolute Gasteiger partial charge is 0.363 e. The first-order chi connectivity index (χ1) is 9.35. The number of nitro groups is 1. The molecule has 1 aromatic rings. The summed E-state index contributed by atoms with van der Waals surface area (Å²) in [6, 6.07) is 3.64. The van der Waals surface area contributed by atoms with Crippen molar-refractivity contribution < 1.29 is 23.6 Å². The molecule has 0 spiro atoms. The number of nitro benzene ring substituents is 1. The lowest BCUT2D eigenvalue weighted by Gasteiger charge is -2.22. The van der Waals surface area contributed by atoms with Crippen LogP contribution in [0.15, 0.2) is 18.2 Å². The number of rotatable bonds is 7. The molecular weight excluding hydrogens is 309 g/mol. The maximum absolute atomic E-state index is 12.4. The number of hydrogen-bond donors (Lipinski definition) is 1. The van der Waals surface area contributed by atoms with E-state index in [2.05, 4.69) is 0 Å². The Morgan fingerprint density at radius 3 is 2.40 bits per heavy atom. The van der Waals surface area contributed by atoms with Crippen LogP contribution in [0.2, 0.25) is 5.02 Å². The van der Waals surface area contributed by atoms with E-state index >= 15 is 0 Å². The zero-order chi connectivity index (χ0) is 15.3. The van der Waals surface area contributed by atoms with Gasteiger partial charge in [0.1, 0.15) is 5.02 Å². The van der Waals surface area contributed by atoms with Gasteiger partial charge in [-0.2, -0.15) is 0 Å². The summed E-state index contributed by atoms with van der Waals surface area (Å²) in [5.74, 6) is -1.61. The number of hydrogen-bond acceptors (Lipinski definition) is 6. The normalized spacial score (nSPS) is 13.2. The standard InChI is InChI=1S/C11H15ClNO6P/c1-3-18-20(17,19-4-2)11(14)8-5-6-9(12)10(7-8)13(15)16/h5-7,11,14H,3-4H2,1-2H3. The fourth-order valence-electron chi connectivity index (χ4n) is 1.55. The molecule has 9 heteroatoms. The predicted molar refractivity (Wildman–Crippen MR) is 73.9 cm³/mol. The van der Waals surface area contributed by atoms with Gasteiger partial charge in [0.2, 0.25) is 0 Å². The molecule has 0 saturated carbocycles. The van der Waals surface area contributed by atoms with Crippen LogP contribution in [0.1, 0.15) is 25.3 Å². The minimum Gasteiger partial charge on any atom is -0.376 e. The van der Waals surface area contributed by atoms with Gasteiger partial charge in [-0.3, -0.25) is 14.7 Å². The zero-order valence-electron chi connectivity index (χ0n) is 11.0. The minimum absolute atomic E-state index is 0.0475. The van der Waals surface area contributed by atoms with Gasteiger partial charge in [0.05, 0.1) is 18.1 Å². The summed E-state index contributed by atoms with van der Waals surface area (Å²) >= 11 is 5.68. The molecule has 0 radical (unpaired) electrons. The van der Waals surface area contributed by atoms with Gasteiger partial charge in [-0.1, -0.05) is 17.7 Å². The van der Waals surface area contributed by atoms with Gasteiger partial charge in [0.25, 0.3) is 5.69 Å². The van der Waals surface area contributed by atoms with Crippen LogP contribution < -0.4 is 0 Å². The largest absolute Gasteiger partial charge is 0.376 e. The summed E-state index contributed by atoms with van der Waals surface area (Å²) < 4.78 is 22.4. The van der Waals surface area contributed by atoms with Gasteiger partial charge in [-0.15, -0.1) is 0 Å². The third kappa shape index (κ3) is 3.77. The van der Waals surface area contributed by atoms with Crippen molar-refractivity contribution in [2.24, 2.45) is 0 Å². The van der Waals surface area contributed by atoms with Gasteiger partial charge in [0.15, 0.2) is 5.85 Å². The van der Waals surface area contributed by atoms with Crippen LogP contribution in [0.3, 0.4) is 0 Å². The van der Waals surface area contributed by atoms with Crippen LogP contribution in [0.25, 0.3) is 0 Å². The van der Waals surface area contributed by atoms with E-state index in [0.29, 0.717) is 0 Å². The first-order valence-corrected chi connectivity index (χ1v) is 7.85. The molecule has 0 saturated heterocycles. The first-order valence-electron chi connectivity index (χ1n) is 5.86. The molecule has 0 fully saturated rings. The molecule has 0 amide bonds. The molecule has 1 rings (SSSR count). The summed E-state index contributed by atoms with van der Waals surface area (Å²) in [5, 5.41) is 20.9. The summed E-state index contributed by atoms with van der Waals surface area (Å²) in [5.41, 5.74) is -0.339. The van der Waals surface area contributed by atoms with Crippen molar-refractivity contribution in [3.63, 3.8) is 0 Å². The molecule has 20 heavy (non-hydrogen) atoms. The molecule has 0 aliphatic heterocycles. The third-order valence-electron chi connectivity index (χ3n) is 2.38. The van der Waals surface area contributed by atoms with E-state index in [0.717, 1.165) is 6.07 Å². The molecule has 0 aliphatic rings. The fraction of sp³-hybridized carbons (Fsp3) is 0.455. The number of aliphatic hydroxyl groups is 1. The Morgan fingerprint density at radius 1 is 1.40 bits per heavy atom. The Bertz CT molecular complexity index is 528. The zero-order valence-corrected chi connectivity index (χ0v) is 12.6. The molecule has 0 aromatic heterocycles. The van der Waals surface area contributed by atoms with Crippen LogP contribution in [-0.4, -0.2) is 23.2 Å². The Hall–Kier alpha value is -0.980. The maximum Gasteiger partial charge on any atom is 0.363 e. The van der Waals surface area contributed by atoms with Crippen molar-refractivity contribution in [3.8, 4) is 0 Å². The molecule has 1 atom stereocenters. The first kappa shape index (κ1) is 17.1. The SMILES string of the molecule is CCOP(=O)(OCC)C(O)c1ccc(Cl)c([N+](=O)[O-])c1. The lowest BCUT2D eigenvalue weighted by atomic mass is 10.2. The average molecular weight is 324 g/mol. The molecule has 0 bridgehead atoms. The monoisotopic (exact) mass is 323 g/mol. The van der Waals surface area contributed by atoms with Crippen molar-refractivity contribution in [2.45, 2.75) is 19.7 Å². The Kier molecular flexibility index (Phi) is 6.10. The Labute approximate surface area is 121 Å². The van der Waals surface area contributed by atoms with Crippen molar-refractivity contribution >= 4 is 24.9 Å². The Morgan fingerprint density at radius 2 is 1.95 bits per heavy atom. The summed E-state index contributed by atoms with van der Waals surface area (Å²) in [4.78, 5) is 10.1. The van der Waals surface area contributed by atoms with Crippen LogP contribution in [0, 0.1) is 10.1 Å². The van der Waals surface area contributed by atoms with E-state index in [1.165, 1.54) is 12.1 Å². The summed E-state index contributed by atoms with van der Waals surface area (Å²) in [6.07, 6.45) is 0. The molecule has 0 aliphatic carbocycles. The van der Waals surface area contributed by atoms with Crippen molar-refractivity contribution in [1.29, 1.82) is 0 Å². The van der Waals surface area contributed by atoms with Crippen LogP contribution >= 0.6 is 19.2 Å². The number of halogens is 1. The third-order valence-corrected chi connectivity index (χ3v) is 4.84. The van der Waals surface area contributed by atoms with E-state index < -0.39 is 18.4 Å². The quantitative estimate of drug-likeness (QED) is 0.468. The van der Waals surface area contributed by atoms with E-state index in [9.17, 15) is 19.8 Å². The second-order valence-corrected chi connectivity index (χ2v) is 6.21. The molecule has 0 heterocycles. The average Bonchev–Trinajstić information content (AvgIpc) is 2.38. The van der Waals surface area contributed by atoms with Gasteiger partial charge in [0, 0.05) is 6.07 Å². The number of benzene rings is 1. The van der Waals surface area contributed by atoms with E-state index in [4.69, 9.17) is 20.6 Å². The summed E-state index contributed by atoms with van der Waals surface area (Å²) in [6.45, 7) is 3.35. The van der Waals surface area contributed by atoms with Crippen molar-refractivity contribution in [3.05, 3.63) is 38.9 Å². The fourth-order valence-corrected chi connectivity index (χ4v) is 3.34. The molecule has 1 unspecified atom stereocenters. The van der Waals surface area contributed by atoms with E-state index in [1.54, 1.807) is 13.8 Å². The highest BCUT2D eigenvalue weighted by molar-refractivity contribution is 7.54. The summed E-state index contributed by atoms with van der Waals surface area (Å²) in [7, 11) is -3.81. The highest BCUT2D eigenvalue weighted by Gasteiger charge is 2.36. The highest BCUT2D eigenvalue weighted by Crippen LogP contribution is 2.59.